The first kappa shape index (κ1) is 10.2. The lowest BCUT2D eigenvalue weighted by atomic mass is 9.92. The average Bonchev–Trinajstić information content (AvgIpc) is 3.09. The summed E-state index contributed by atoms with van der Waals surface area (Å²) in [7, 11) is 1.67. The van der Waals surface area contributed by atoms with E-state index >= 15 is 0 Å². The highest BCUT2D eigenvalue weighted by Gasteiger charge is 2.45. The zero-order valence-corrected chi connectivity index (χ0v) is 9.25. The molecule has 1 aliphatic rings. The van der Waals surface area contributed by atoms with E-state index in [1.54, 1.807) is 7.11 Å². The largest absolute Gasteiger partial charge is 0.497 e. The number of ether oxygens (including phenoxy) is 2. The Labute approximate surface area is 90.5 Å². The Kier molecular flexibility index (Phi) is 2.53. The molecular formula is C13H16O2. The molecule has 1 aromatic carbocycles. The summed E-state index contributed by atoms with van der Waals surface area (Å²) < 4.78 is 10.7. The zero-order chi connectivity index (χ0) is 10.9. The zero-order valence-electron chi connectivity index (χ0n) is 9.25. The average molecular weight is 204 g/mol. The van der Waals surface area contributed by atoms with Crippen molar-refractivity contribution in [3.63, 3.8) is 0 Å². The van der Waals surface area contributed by atoms with Gasteiger partial charge in [0.05, 0.1) is 13.7 Å². The van der Waals surface area contributed by atoms with Crippen molar-refractivity contribution >= 4 is 5.57 Å². The van der Waals surface area contributed by atoms with E-state index in [1.165, 1.54) is 0 Å². The first-order valence-corrected chi connectivity index (χ1v) is 5.19. The van der Waals surface area contributed by atoms with Gasteiger partial charge in [0.15, 0.2) is 0 Å². The van der Waals surface area contributed by atoms with Crippen LogP contribution in [0.5, 0.6) is 5.75 Å². The lowest BCUT2D eigenvalue weighted by Crippen LogP contribution is -2.11. The predicted molar refractivity (Wildman–Crippen MR) is 61.0 cm³/mol. The van der Waals surface area contributed by atoms with Crippen molar-refractivity contribution in [1.29, 1.82) is 0 Å². The van der Waals surface area contributed by atoms with Crippen LogP contribution >= 0.6 is 0 Å². The molecule has 0 amide bonds. The van der Waals surface area contributed by atoms with Gasteiger partial charge in [-0.05, 0) is 29.7 Å². The van der Waals surface area contributed by atoms with E-state index in [-0.39, 0.29) is 5.60 Å². The van der Waals surface area contributed by atoms with Crippen molar-refractivity contribution in [2.75, 3.05) is 13.7 Å². The highest BCUT2D eigenvalue weighted by molar-refractivity contribution is 5.73. The Hall–Kier alpha value is -1.28. The van der Waals surface area contributed by atoms with Crippen LogP contribution in [0.1, 0.15) is 18.9 Å². The number of hydrogen-bond donors (Lipinski definition) is 0. The van der Waals surface area contributed by atoms with Gasteiger partial charge in [0, 0.05) is 0 Å². The van der Waals surface area contributed by atoms with E-state index in [1.807, 2.05) is 24.3 Å². The Morgan fingerprint density at radius 3 is 2.87 bits per heavy atom. The number of benzene rings is 1. The normalized spacial score (nSPS) is 23.6. The van der Waals surface area contributed by atoms with Gasteiger partial charge in [-0.2, -0.15) is 0 Å². The molecule has 2 rings (SSSR count). The molecule has 0 aliphatic carbocycles. The number of methoxy groups -OCH3 is 1. The number of epoxide rings is 1. The summed E-state index contributed by atoms with van der Waals surface area (Å²) in [4.78, 5) is 0. The molecule has 1 unspecified atom stereocenters. The van der Waals surface area contributed by atoms with E-state index in [4.69, 9.17) is 9.47 Å². The van der Waals surface area contributed by atoms with Crippen molar-refractivity contribution in [2.45, 2.75) is 18.9 Å². The standard InChI is InChI=1S/C13H16O2/c1-4-13(9-15-13)10(2)11-6-5-7-12(8-11)14-3/h5-8H,2,4,9H2,1,3H3. The summed E-state index contributed by atoms with van der Waals surface area (Å²) in [6.45, 7) is 7.04. The summed E-state index contributed by atoms with van der Waals surface area (Å²) in [5.74, 6) is 0.862. The third-order valence-electron chi connectivity index (χ3n) is 3.03. The van der Waals surface area contributed by atoms with Crippen LogP contribution in [0.2, 0.25) is 0 Å². The molecule has 0 N–H and O–H groups in total. The minimum atomic E-state index is -0.105. The van der Waals surface area contributed by atoms with Crippen LogP contribution in [0.15, 0.2) is 30.8 Å². The van der Waals surface area contributed by atoms with Crippen molar-refractivity contribution in [3.8, 4) is 5.75 Å². The van der Waals surface area contributed by atoms with Crippen LogP contribution < -0.4 is 4.74 Å². The van der Waals surface area contributed by atoms with Crippen molar-refractivity contribution < 1.29 is 9.47 Å². The first-order chi connectivity index (χ1) is 7.22. The highest BCUT2D eigenvalue weighted by atomic mass is 16.6. The van der Waals surface area contributed by atoms with Gasteiger partial charge in [-0.15, -0.1) is 0 Å². The Balaban J connectivity index is 2.26. The first-order valence-electron chi connectivity index (χ1n) is 5.19. The van der Waals surface area contributed by atoms with Crippen LogP contribution in [-0.4, -0.2) is 19.3 Å². The monoisotopic (exact) mass is 204 g/mol. The van der Waals surface area contributed by atoms with Gasteiger partial charge in [0.2, 0.25) is 0 Å². The Morgan fingerprint density at radius 2 is 2.33 bits per heavy atom. The van der Waals surface area contributed by atoms with Gasteiger partial charge in [-0.25, -0.2) is 0 Å². The van der Waals surface area contributed by atoms with Gasteiger partial charge in [0.1, 0.15) is 11.4 Å². The quantitative estimate of drug-likeness (QED) is 0.703. The van der Waals surface area contributed by atoms with Gasteiger partial charge < -0.3 is 9.47 Å². The maximum Gasteiger partial charge on any atom is 0.119 e. The molecule has 0 bridgehead atoms. The minimum absolute atomic E-state index is 0.105. The number of rotatable bonds is 4. The lowest BCUT2D eigenvalue weighted by Gasteiger charge is -2.13. The second-order valence-electron chi connectivity index (χ2n) is 3.85. The minimum Gasteiger partial charge on any atom is -0.497 e. The van der Waals surface area contributed by atoms with Crippen molar-refractivity contribution in [1.82, 2.24) is 0 Å². The summed E-state index contributed by atoms with van der Waals surface area (Å²) >= 11 is 0. The molecule has 80 valence electrons. The predicted octanol–water partition coefficient (Wildman–Crippen LogP) is 2.89. The van der Waals surface area contributed by atoms with Crippen molar-refractivity contribution in [3.05, 3.63) is 36.4 Å². The highest BCUT2D eigenvalue weighted by Crippen LogP contribution is 2.42. The van der Waals surface area contributed by atoms with Gasteiger partial charge in [0.25, 0.3) is 0 Å². The SMILES string of the molecule is C=C(c1cccc(OC)c1)C1(CC)CO1. The Bertz CT molecular complexity index is 378. The second kappa shape index (κ2) is 3.70. The molecular weight excluding hydrogens is 188 g/mol. The van der Waals surface area contributed by atoms with Crippen LogP contribution in [-0.2, 0) is 4.74 Å². The molecule has 0 aromatic heterocycles. The maximum absolute atomic E-state index is 5.49. The molecule has 1 atom stereocenters. The summed E-state index contributed by atoms with van der Waals surface area (Å²) in [5.41, 5.74) is 2.06. The fraction of sp³-hybridized carbons (Fsp3) is 0.385. The summed E-state index contributed by atoms with van der Waals surface area (Å²) in [6.07, 6.45) is 0.975. The molecule has 0 radical (unpaired) electrons. The second-order valence-corrected chi connectivity index (χ2v) is 3.85. The molecule has 1 aromatic rings. The van der Waals surface area contributed by atoms with E-state index < -0.39 is 0 Å². The molecule has 1 aliphatic heterocycles. The van der Waals surface area contributed by atoms with Gasteiger partial charge in [-0.1, -0.05) is 25.6 Å². The smallest absolute Gasteiger partial charge is 0.119 e. The van der Waals surface area contributed by atoms with Crippen LogP contribution in [0.4, 0.5) is 0 Å². The molecule has 1 saturated heterocycles. The van der Waals surface area contributed by atoms with E-state index in [9.17, 15) is 0 Å². The van der Waals surface area contributed by atoms with Crippen LogP contribution in [0.3, 0.4) is 0 Å². The summed E-state index contributed by atoms with van der Waals surface area (Å²) in [5, 5.41) is 0. The topological polar surface area (TPSA) is 21.8 Å². The third kappa shape index (κ3) is 1.77. The Morgan fingerprint density at radius 1 is 1.60 bits per heavy atom. The maximum atomic E-state index is 5.49. The molecule has 0 saturated carbocycles. The lowest BCUT2D eigenvalue weighted by molar-refractivity contribution is 0.353. The molecule has 0 spiro atoms. The molecule has 2 nitrogen and oxygen atoms in total. The fourth-order valence-electron chi connectivity index (χ4n) is 1.75. The molecule has 1 fully saturated rings. The van der Waals surface area contributed by atoms with Crippen molar-refractivity contribution in [2.24, 2.45) is 0 Å². The molecule has 1 heterocycles. The van der Waals surface area contributed by atoms with Gasteiger partial charge >= 0.3 is 0 Å². The van der Waals surface area contributed by atoms with Crippen LogP contribution in [0.25, 0.3) is 5.57 Å². The molecule has 15 heavy (non-hydrogen) atoms. The fourth-order valence-corrected chi connectivity index (χ4v) is 1.75. The van der Waals surface area contributed by atoms with E-state index in [0.29, 0.717) is 0 Å². The van der Waals surface area contributed by atoms with E-state index in [2.05, 4.69) is 13.5 Å². The summed E-state index contributed by atoms with van der Waals surface area (Å²) in [6, 6.07) is 7.96. The van der Waals surface area contributed by atoms with E-state index in [0.717, 1.165) is 29.9 Å². The number of hydrogen-bond acceptors (Lipinski definition) is 2. The molecule has 2 heteroatoms. The third-order valence-corrected chi connectivity index (χ3v) is 3.03. The van der Waals surface area contributed by atoms with Crippen LogP contribution in [0, 0.1) is 0 Å². The van der Waals surface area contributed by atoms with Gasteiger partial charge in [-0.3, -0.25) is 0 Å².